The number of benzene rings is 1. The number of hydrogen-bond donors (Lipinski definition) is 3. The van der Waals surface area contributed by atoms with E-state index in [4.69, 9.17) is 0 Å². The number of hydrogen-bond acceptors (Lipinski definition) is 3. The Bertz CT molecular complexity index is 709. The third kappa shape index (κ3) is 5.81. The largest absolute Gasteiger partial charge is 0.507 e. The van der Waals surface area contributed by atoms with Crippen molar-refractivity contribution in [2.45, 2.75) is 98.3 Å². The fourth-order valence-electron chi connectivity index (χ4n) is 4.85. The lowest BCUT2D eigenvalue weighted by molar-refractivity contribution is 0.206. The average Bonchev–Trinajstić information content (AvgIpc) is 2.69. The van der Waals surface area contributed by atoms with Gasteiger partial charge >= 0.3 is 0 Å². The summed E-state index contributed by atoms with van der Waals surface area (Å²) in [6.45, 7) is 13.2. The maximum Gasteiger partial charge on any atom is 0.127 e. The molecule has 0 saturated carbocycles. The van der Waals surface area contributed by atoms with Gasteiger partial charge in [0, 0.05) is 6.61 Å². The Balaban J connectivity index is 2.42. The molecule has 0 heterocycles. The lowest BCUT2D eigenvalue weighted by Gasteiger charge is -2.32. The van der Waals surface area contributed by atoms with Gasteiger partial charge in [-0.1, -0.05) is 72.8 Å². The number of allylic oxidation sites excluding steroid dienone is 2. The van der Waals surface area contributed by atoms with Crippen LogP contribution in [0.1, 0.15) is 104 Å². The smallest absolute Gasteiger partial charge is 0.127 e. The topological polar surface area (TPSA) is 60.7 Å². The lowest BCUT2D eigenvalue weighted by Crippen LogP contribution is -2.20. The summed E-state index contributed by atoms with van der Waals surface area (Å²) >= 11 is 0. The first kappa shape index (κ1) is 24.8. The van der Waals surface area contributed by atoms with E-state index in [0.717, 1.165) is 43.2 Å². The van der Waals surface area contributed by atoms with Crippen LogP contribution in [0.3, 0.4) is 0 Å². The highest BCUT2D eigenvalue weighted by molar-refractivity contribution is 5.78. The number of aliphatic hydroxyl groups is 1. The monoisotopic (exact) mass is 416 g/mol. The van der Waals surface area contributed by atoms with Crippen molar-refractivity contribution < 1.29 is 15.3 Å². The molecule has 170 valence electrons. The standard InChI is InChI=1S/C27H44O3/c1-7-8-9-10-13-27(5,6)21-15-24(29)26(25(30)16-21)23-14-18(2)11-12-22(23)20(4)19(3)17-28/h15-16,18-20,28-30H,7-14,17H2,1-6H3. The van der Waals surface area contributed by atoms with Gasteiger partial charge in [0.15, 0.2) is 0 Å². The number of phenolic OH excluding ortho intramolecular Hbond substituents is 2. The molecule has 30 heavy (non-hydrogen) atoms. The van der Waals surface area contributed by atoms with Crippen LogP contribution in [0.4, 0.5) is 0 Å². The molecule has 0 aromatic heterocycles. The molecule has 1 aliphatic rings. The molecule has 0 saturated heterocycles. The van der Waals surface area contributed by atoms with Crippen LogP contribution in [0, 0.1) is 17.8 Å². The van der Waals surface area contributed by atoms with Crippen molar-refractivity contribution in [3.8, 4) is 11.5 Å². The van der Waals surface area contributed by atoms with Crippen LogP contribution in [-0.4, -0.2) is 21.9 Å². The van der Waals surface area contributed by atoms with Crippen LogP contribution in [0.5, 0.6) is 11.5 Å². The maximum absolute atomic E-state index is 11.0. The molecule has 3 nitrogen and oxygen atoms in total. The predicted octanol–water partition coefficient (Wildman–Crippen LogP) is 7.18. The van der Waals surface area contributed by atoms with Crippen LogP contribution in [0.15, 0.2) is 17.7 Å². The van der Waals surface area contributed by atoms with Crippen molar-refractivity contribution in [3.05, 3.63) is 28.8 Å². The molecule has 1 aromatic carbocycles. The minimum atomic E-state index is -0.0863. The Labute approximate surface area is 184 Å². The Morgan fingerprint density at radius 2 is 1.70 bits per heavy atom. The molecule has 3 N–H and O–H groups in total. The van der Waals surface area contributed by atoms with Gasteiger partial charge in [-0.25, -0.2) is 0 Å². The highest BCUT2D eigenvalue weighted by atomic mass is 16.3. The van der Waals surface area contributed by atoms with Gasteiger partial charge < -0.3 is 15.3 Å². The second kappa shape index (κ2) is 10.7. The average molecular weight is 417 g/mol. The van der Waals surface area contributed by atoms with Crippen LogP contribution >= 0.6 is 0 Å². The molecular formula is C27H44O3. The molecule has 0 bridgehead atoms. The third-order valence-corrected chi connectivity index (χ3v) is 7.37. The van der Waals surface area contributed by atoms with E-state index in [1.165, 1.54) is 24.8 Å². The highest BCUT2D eigenvalue weighted by Gasteiger charge is 2.30. The molecule has 2 rings (SSSR count). The van der Waals surface area contributed by atoms with Crippen molar-refractivity contribution in [3.63, 3.8) is 0 Å². The Morgan fingerprint density at radius 3 is 2.27 bits per heavy atom. The summed E-state index contributed by atoms with van der Waals surface area (Å²) in [4.78, 5) is 0. The molecule has 1 aliphatic carbocycles. The maximum atomic E-state index is 11.0. The zero-order chi connectivity index (χ0) is 22.5. The Hall–Kier alpha value is -1.48. The molecular weight excluding hydrogens is 372 g/mol. The normalized spacial score (nSPS) is 19.8. The Morgan fingerprint density at radius 1 is 1.07 bits per heavy atom. The van der Waals surface area contributed by atoms with Crippen LogP contribution < -0.4 is 0 Å². The summed E-state index contributed by atoms with van der Waals surface area (Å²) in [7, 11) is 0. The molecule has 0 aliphatic heterocycles. The van der Waals surface area contributed by atoms with Crippen molar-refractivity contribution in [1.82, 2.24) is 0 Å². The van der Waals surface area contributed by atoms with Gasteiger partial charge in [0.1, 0.15) is 11.5 Å². The van der Waals surface area contributed by atoms with Gasteiger partial charge in [-0.3, -0.25) is 0 Å². The lowest BCUT2D eigenvalue weighted by atomic mass is 9.73. The van der Waals surface area contributed by atoms with Gasteiger partial charge in [0.25, 0.3) is 0 Å². The molecule has 3 heteroatoms. The summed E-state index contributed by atoms with van der Waals surface area (Å²) < 4.78 is 0. The first-order valence-corrected chi connectivity index (χ1v) is 12.0. The van der Waals surface area contributed by atoms with Crippen molar-refractivity contribution in [1.29, 1.82) is 0 Å². The van der Waals surface area contributed by atoms with E-state index in [0.29, 0.717) is 11.5 Å². The Kier molecular flexibility index (Phi) is 8.85. The van der Waals surface area contributed by atoms with E-state index in [9.17, 15) is 15.3 Å². The molecule has 0 amide bonds. The van der Waals surface area contributed by atoms with E-state index in [1.807, 2.05) is 12.1 Å². The zero-order valence-electron chi connectivity index (χ0n) is 20.1. The van der Waals surface area contributed by atoms with Gasteiger partial charge in [-0.15, -0.1) is 0 Å². The summed E-state index contributed by atoms with van der Waals surface area (Å²) in [6, 6.07) is 3.75. The summed E-state index contributed by atoms with van der Waals surface area (Å²) in [5.41, 5.74) is 3.90. The summed E-state index contributed by atoms with van der Waals surface area (Å²) in [5, 5.41) is 31.7. The second-order valence-corrected chi connectivity index (χ2v) is 10.4. The van der Waals surface area contributed by atoms with Crippen molar-refractivity contribution in [2.24, 2.45) is 17.8 Å². The highest BCUT2D eigenvalue weighted by Crippen LogP contribution is 2.47. The van der Waals surface area contributed by atoms with Crippen LogP contribution in [0.2, 0.25) is 0 Å². The second-order valence-electron chi connectivity index (χ2n) is 10.4. The van der Waals surface area contributed by atoms with Gasteiger partial charge in [-0.05, 0) is 72.1 Å². The van der Waals surface area contributed by atoms with Gasteiger partial charge in [-0.2, -0.15) is 0 Å². The zero-order valence-corrected chi connectivity index (χ0v) is 20.1. The molecule has 0 fully saturated rings. The van der Waals surface area contributed by atoms with E-state index < -0.39 is 0 Å². The predicted molar refractivity (Wildman–Crippen MR) is 127 cm³/mol. The van der Waals surface area contributed by atoms with Crippen molar-refractivity contribution >= 4 is 5.57 Å². The molecule has 3 atom stereocenters. The van der Waals surface area contributed by atoms with Gasteiger partial charge in [0.2, 0.25) is 0 Å². The van der Waals surface area contributed by atoms with Crippen LogP contribution in [0.25, 0.3) is 5.57 Å². The third-order valence-electron chi connectivity index (χ3n) is 7.37. The number of aromatic hydroxyl groups is 2. The van der Waals surface area contributed by atoms with E-state index >= 15 is 0 Å². The van der Waals surface area contributed by atoms with E-state index in [2.05, 4.69) is 41.5 Å². The number of rotatable bonds is 10. The van der Waals surface area contributed by atoms with E-state index in [-0.39, 0.29) is 35.4 Å². The molecule has 0 spiro atoms. The van der Waals surface area contributed by atoms with E-state index in [1.54, 1.807) is 0 Å². The van der Waals surface area contributed by atoms with Crippen LogP contribution in [-0.2, 0) is 5.41 Å². The minimum absolute atomic E-state index is 0.0863. The molecule has 0 radical (unpaired) electrons. The van der Waals surface area contributed by atoms with Crippen molar-refractivity contribution in [2.75, 3.05) is 6.61 Å². The minimum Gasteiger partial charge on any atom is -0.507 e. The first-order chi connectivity index (χ1) is 14.1. The summed E-state index contributed by atoms with van der Waals surface area (Å²) in [6.07, 6.45) is 8.85. The fraction of sp³-hybridized carbons (Fsp3) is 0.704. The number of unbranched alkanes of at least 4 members (excludes halogenated alkanes) is 3. The van der Waals surface area contributed by atoms with Gasteiger partial charge in [0.05, 0.1) is 5.56 Å². The number of aliphatic hydroxyl groups excluding tert-OH is 1. The molecule has 3 unspecified atom stereocenters. The first-order valence-electron chi connectivity index (χ1n) is 12.0. The summed E-state index contributed by atoms with van der Waals surface area (Å²) in [5.74, 6) is 1.29. The SMILES string of the molecule is CCCCCCC(C)(C)c1cc(O)c(C2=C(C(C)C(C)CO)CCC(C)C2)c(O)c1. The molecule has 1 aromatic rings. The quantitative estimate of drug-likeness (QED) is 0.354. The fourth-order valence-corrected chi connectivity index (χ4v) is 4.85. The number of phenols is 2.